The van der Waals surface area contributed by atoms with E-state index in [1.807, 2.05) is 6.07 Å². The molecule has 0 radical (unpaired) electrons. The zero-order chi connectivity index (χ0) is 22.1. The lowest BCUT2D eigenvalue weighted by Crippen LogP contribution is -2.29. The SMILES string of the molecule is CCN(c1ccc2noc(C(=O)Nc3ccc(C#N)cc3C(=O)O)c2c1)S(C)(=O)=O. The predicted molar refractivity (Wildman–Crippen MR) is 108 cm³/mol. The number of carbonyl (C=O) groups is 2. The maximum absolute atomic E-state index is 12.7. The molecule has 0 unspecified atom stereocenters. The van der Waals surface area contributed by atoms with Gasteiger partial charge in [-0.2, -0.15) is 5.26 Å². The number of carboxylic acid groups (broad SMARTS) is 1. The minimum absolute atomic E-state index is 0.0291. The Morgan fingerprint density at radius 2 is 2.00 bits per heavy atom. The van der Waals surface area contributed by atoms with Crippen molar-refractivity contribution in [1.29, 1.82) is 5.26 Å². The van der Waals surface area contributed by atoms with E-state index in [2.05, 4.69) is 10.5 Å². The van der Waals surface area contributed by atoms with E-state index in [4.69, 9.17) is 9.78 Å². The average Bonchev–Trinajstić information content (AvgIpc) is 3.11. The minimum atomic E-state index is -3.53. The van der Waals surface area contributed by atoms with Crippen LogP contribution in [0.5, 0.6) is 0 Å². The zero-order valence-electron chi connectivity index (χ0n) is 15.9. The molecule has 2 aromatic carbocycles. The smallest absolute Gasteiger partial charge is 0.337 e. The van der Waals surface area contributed by atoms with Crippen LogP contribution >= 0.6 is 0 Å². The van der Waals surface area contributed by atoms with Crippen LogP contribution in [0.2, 0.25) is 0 Å². The van der Waals surface area contributed by atoms with E-state index >= 15 is 0 Å². The molecule has 0 saturated heterocycles. The highest BCUT2D eigenvalue weighted by molar-refractivity contribution is 7.92. The number of carbonyl (C=O) groups excluding carboxylic acids is 1. The van der Waals surface area contributed by atoms with E-state index in [-0.39, 0.29) is 34.5 Å². The van der Waals surface area contributed by atoms with Crippen LogP contribution in [0.4, 0.5) is 11.4 Å². The van der Waals surface area contributed by atoms with Gasteiger partial charge in [-0.3, -0.25) is 9.10 Å². The summed E-state index contributed by atoms with van der Waals surface area (Å²) >= 11 is 0. The lowest BCUT2D eigenvalue weighted by molar-refractivity contribution is 0.0698. The number of fused-ring (bicyclic) bond motifs is 1. The van der Waals surface area contributed by atoms with Crippen molar-refractivity contribution in [1.82, 2.24) is 5.16 Å². The maximum Gasteiger partial charge on any atom is 0.337 e. The van der Waals surface area contributed by atoms with Gasteiger partial charge in [0.25, 0.3) is 5.91 Å². The molecule has 11 heteroatoms. The Balaban J connectivity index is 2.02. The highest BCUT2D eigenvalue weighted by atomic mass is 32.2. The molecule has 1 aromatic heterocycles. The number of nitrogens with zero attached hydrogens (tertiary/aromatic N) is 3. The molecule has 154 valence electrons. The van der Waals surface area contributed by atoms with Gasteiger partial charge in [-0.15, -0.1) is 0 Å². The molecule has 0 atom stereocenters. The molecule has 0 aliphatic carbocycles. The quantitative estimate of drug-likeness (QED) is 0.607. The molecule has 10 nitrogen and oxygen atoms in total. The number of rotatable bonds is 6. The standard InChI is InChI=1S/C19H16N4O6S/c1-3-23(30(2,27)28)12-5-7-16-13(9-12)17(29-22-16)18(24)21-15-6-4-11(10-20)8-14(15)19(25)26/h4-9H,3H2,1-2H3,(H,21,24)(H,25,26). The Kier molecular flexibility index (Phi) is 5.44. The van der Waals surface area contributed by atoms with Crippen molar-refractivity contribution in [2.24, 2.45) is 0 Å². The Hall–Kier alpha value is -3.91. The molecule has 30 heavy (non-hydrogen) atoms. The monoisotopic (exact) mass is 428 g/mol. The third kappa shape index (κ3) is 3.94. The number of aromatic nitrogens is 1. The Morgan fingerprint density at radius 1 is 1.27 bits per heavy atom. The van der Waals surface area contributed by atoms with Gasteiger partial charge in [-0.1, -0.05) is 5.16 Å². The second kappa shape index (κ2) is 7.84. The second-order valence-corrected chi connectivity index (χ2v) is 8.18. The number of anilines is 2. The number of nitriles is 1. The van der Waals surface area contributed by atoms with Crippen LogP contribution in [0.1, 0.15) is 33.4 Å². The molecule has 3 rings (SSSR count). The Bertz CT molecular complexity index is 1310. The van der Waals surface area contributed by atoms with Crippen LogP contribution in [0.25, 0.3) is 10.9 Å². The molecule has 0 aliphatic rings. The van der Waals surface area contributed by atoms with Gasteiger partial charge in [-0.25, -0.2) is 13.2 Å². The van der Waals surface area contributed by atoms with Crippen LogP contribution in [0.15, 0.2) is 40.9 Å². The highest BCUT2D eigenvalue weighted by Crippen LogP contribution is 2.27. The highest BCUT2D eigenvalue weighted by Gasteiger charge is 2.22. The number of hydrogen-bond donors (Lipinski definition) is 2. The van der Waals surface area contributed by atoms with E-state index in [0.717, 1.165) is 16.6 Å². The van der Waals surface area contributed by atoms with Crippen LogP contribution in [-0.2, 0) is 10.0 Å². The van der Waals surface area contributed by atoms with Crippen LogP contribution in [0.3, 0.4) is 0 Å². The number of sulfonamides is 1. The number of benzene rings is 2. The summed E-state index contributed by atoms with van der Waals surface area (Å²) in [5, 5.41) is 24.8. The fraction of sp³-hybridized carbons (Fsp3) is 0.158. The van der Waals surface area contributed by atoms with Gasteiger partial charge in [0.2, 0.25) is 15.8 Å². The fourth-order valence-electron chi connectivity index (χ4n) is 2.94. The summed E-state index contributed by atoms with van der Waals surface area (Å²) < 4.78 is 30.2. The molecule has 0 bridgehead atoms. The second-order valence-electron chi connectivity index (χ2n) is 6.27. The van der Waals surface area contributed by atoms with Crippen molar-refractivity contribution in [2.75, 3.05) is 22.4 Å². The van der Waals surface area contributed by atoms with Crippen molar-refractivity contribution < 1.29 is 27.6 Å². The molecule has 1 amide bonds. The maximum atomic E-state index is 12.7. The molecule has 3 aromatic rings. The molecule has 0 aliphatic heterocycles. The van der Waals surface area contributed by atoms with Gasteiger partial charge in [0.15, 0.2) is 0 Å². The van der Waals surface area contributed by atoms with Gasteiger partial charge in [0, 0.05) is 6.54 Å². The van der Waals surface area contributed by atoms with Gasteiger partial charge in [-0.05, 0) is 43.3 Å². The molecule has 0 spiro atoms. The van der Waals surface area contributed by atoms with Gasteiger partial charge < -0.3 is 14.9 Å². The minimum Gasteiger partial charge on any atom is -0.478 e. The zero-order valence-corrected chi connectivity index (χ0v) is 16.7. The number of carboxylic acids is 1. The summed E-state index contributed by atoms with van der Waals surface area (Å²) in [6.45, 7) is 1.86. The molecule has 0 saturated carbocycles. The van der Waals surface area contributed by atoms with Crippen LogP contribution in [0, 0.1) is 11.3 Å². The predicted octanol–water partition coefficient (Wildman–Crippen LogP) is 2.44. The summed E-state index contributed by atoms with van der Waals surface area (Å²) in [6, 6.07) is 10.2. The average molecular weight is 428 g/mol. The first-order valence-electron chi connectivity index (χ1n) is 8.61. The summed E-state index contributed by atoms with van der Waals surface area (Å²) in [5.41, 5.74) is 0.487. The summed E-state index contributed by atoms with van der Waals surface area (Å²) in [6.07, 6.45) is 1.07. The first-order chi connectivity index (χ1) is 14.2. The summed E-state index contributed by atoms with van der Waals surface area (Å²) in [7, 11) is -3.53. The molecule has 0 fully saturated rings. The van der Waals surface area contributed by atoms with Gasteiger partial charge in [0.05, 0.1) is 40.2 Å². The van der Waals surface area contributed by atoms with E-state index in [1.165, 1.54) is 24.3 Å². The number of amides is 1. The molecule has 2 N–H and O–H groups in total. The van der Waals surface area contributed by atoms with Crippen molar-refractivity contribution in [3.8, 4) is 6.07 Å². The first-order valence-corrected chi connectivity index (χ1v) is 10.5. The molecule has 1 heterocycles. The van der Waals surface area contributed by atoms with Gasteiger partial charge >= 0.3 is 5.97 Å². The van der Waals surface area contributed by atoms with Crippen molar-refractivity contribution in [2.45, 2.75) is 6.92 Å². The molecular weight excluding hydrogens is 412 g/mol. The molecular formula is C19H16N4O6S. The summed E-state index contributed by atoms with van der Waals surface area (Å²) in [4.78, 5) is 24.2. The third-order valence-corrected chi connectivity index (χ3v) is 5.54. The topological polar surface area (TPSA) is 154 Å². The third-order valence-electron chi connectivity index (χ3n) is 4.27. The van der Waals surface area contributed by atoms with Crippen molar-refractivity contribution in [3.05, 3.63) is 53.3 Å². The Morgan fingerprint density at radius 3 is 2.60 bits per heavy atom. The number of hydrogen-bond acceptors (Lipinski definition) is 7. The Labute approximate surface area is 171 Å². The normalized spacial score (nSPS) is 11.1. The lowest BCUT2D eigenvalue weighted by Gasteiger charge is -2.20. The van der Waals surface area contributed by atoms with E-state index in [0.29, 0.717) is 11.2 Å². The summed E-state index contributed by atoms with van der Waals surface area (Å²) in [5.74, 6) is -2.31. The van der Waals surface area contributed by atoms with E-state index in [1.54, 1.807) is 13.0 Å². The van der Waals surface area contributed by atoms with Crippen LogP contribution in [-0.4, -0.2) is 43.4 Å². The van der Waals surface area contributed by atoms with E-state index < -0.39 is 21.9 Å². The number of aromatic carboxylic acids is 1. The van der Waals surface area contributed by atoms with Crippen LogP contribution < -0.4 is 9.62 Å². The van der Waals surface area contributed by atoms with Crippen molar-refractivity contribution >= 4 is 44.2 Å². The van der Waals surface area contributed by atoms with E-state index in [9.17, 15) is 23.1 Å². The number of nitrogens with one attached hydrogen (secondary N) is 1. The lowest BCUT2D eigenvalue weighted by atomic mass is 10.1. The van der Waals surface area contributed by atoms with Crippen molar-refractivity contribution in [3.63, 3.8) is 0 Å². The first kappa shape index (κ1) is 20.8. The fourth-order valence-corrected chi connectivity index (χ4v) is 3.90. The van der Waals surface area contributed by atoms with Gasteiger partial charge in [0.1, 0.15) is 5.52 Å². The largest absolute Gasteiger partial charge is 0.478 e.